The molecule has 1 aliphatic carbocycles. The Hall–Kier alpha value is -2.41. The monoisotopic (exact) mass is 369 g/mol. The summed E-state index contributed by atoms with van der Waals surface area (Å²) < 4.78 is 3.37. The van der Waals surface area contributed by atoms with Crippen LogP contribution in [-0.4, -0.2) is 44.8 Å². The van der Waals surface area contributed by atoms with Crippen molar-refractivity contribution in [3.05, 3.63) is 46.1 Å². The van der Waals surface area contributed by atoms with Gasteiger partial charge in [-0.05, 0) is 57.8 Å². The van der Waals surface area contributed by atoms with Crippen LogP contribution in [0.2, 0.25) is 0 Å². The van der Waals surface area contributed by atoms with Gasteiger partial charge >= 0.3 is 5.69 Å². The second-order valence-corrected chi connectivity index (χ2v) is 7.83. The van der Waals surface area contributed by atoms with Crippen LogP contribution in [-0.2, 0) is 11.8 Å². The average molecular weight is 369 g/mol. The maximum Gasteiger partial charge on any atom is 0.345 e. The fourth-order valence-corrected chi connectivity index (χ4v) is 3.84. The van der Waals surface area contributed by atoms with Gasteiger partial charge in [-0.3, -0.25) is 14.3 Å². The summed E-state index contributed by atoms with van der Waals surface area (Å²) in [5, 5.41) is 7.47. The zero-order chi connectivity index (χ0) is 19.0. The van der Waals surface area contributed by atoms with Crippen LogP contribution in [0.5, 0.6) is 0 Å². The molecule has 1 aromatic heterocycles. The number of anilines is 1. The molecule has 1 amide bonds. The zero-order valence-corrected chi connectivity index (χ0v) is 16.0. The van der Waals surface area contributed by atoms with Crippen molar-refractivity contribution in [3.63, 3.8) is 0 Å². The van der Waals surface area contributed by atoms with Gasteiger partial charge in [0.2, 0.25) is 5.91 Å². The summed E-state index contributed by atoms with van der Waals surface area (Å²) >= 11 is 0. The van der Waals surface area contributed by atoms with Crippen molar-refractivity contribution in [2.45, 2.75) is 44.6 Å². The number of aryl methyl sites for hydroxylation is 2. The fraction of sp³-hybridized carbons (Fsp3) is 0.550. The number of amides is 1. The van der Waals surface area contributed by atoms with Gasteiger partial charge in [0.25, 0.3) is 0 Å². The first-order chi connectivity index (χ1) is 13.0. The lowest BCUT2D eigenvalue weighted by molar-refractivity contribution is -0.117. The normalized spacial score (nSPS) is 18.6. The SMILES string of the molecule is Cc1ccc(NC(=O)CN2CCC(c3nn(C)c(=O)n3C3CC3)CC2)cc1. The van der Waals surface area contributed by atoms with Crippen LogP contribution in [0.15, 0.2) is 29.1 Å². The number of carbonyl (C=O) groups excluding carboxylic acids is 1. The molecule has 1 saturated heterocycles. The van der Waals surface area contributed by atoms with E-state index >= 15 is 0 Å². The van der Waals surface area contributed by atoms with Gasteiger partial charge in [-0.1, -0.05) is 17.7 Å². The first-order valence-corrected chi connectivity index (χ1v) is 9.75. The molecule has 0 atom stereocenters. The van der Waals surface area contributed by atoms with E-state index in [-0.39, 0.29) is 11.6 Å². The number of nitrogens with zero attached hydrogens (tertiary/aromatic N) is 4. The minimum absolute atomic E-state index is 0.00686. The summed E-state index contributed by atoms with van der Waals surface area (Å²) in [6.45, 7) is 4.13. The van der Waals surface area contributed by atoms with Crippen LogP contribution >= 0.6 is 0 Å². The van der Waals surface area contributed by atoms with Crippen LogP contribution in [0.4, 0.5) is 5.69 Å². The third-order valence-electron chi connectivity index (χ3n) is 5.55. The van der Waals surface area contributed by atoms with Crippen LogP contribution in [0.3, 0.4) is 0 Å². The number of likely N-dealkylation sites (tertiary alicyclic amines) is 1. The molecule has 144 valence electrons. The number of piperidine rings is 1. The van der Waals surface area contributed by atoms with Crippen LogP contribution in [0.25, 0.3) is 0 Å². The van der Waals surface area contributed by atoms with E-state index in [1.165, 1.54) is 10.2 Å². The molecule has 0 spiro atoms. The predicted octanol–water partition coefficient (Wildman–Crippen LogP) is 2.04. The van der Waals surface area contributed by atoms with E-state index in [1.54, 1.807) is 7.05 Å². The van der Waals surface area contributed by atoms with Crippen molar-refractivity contribution in [2.75, 3.05) is 25.0 Å². The van der Waals surface area contributed by atoms with Crippen LogP contribution < -0.4 is 11.0 Å². The molecule has 1 aliphatic heterocycles. The Balaban J connectivity index is 1.33. The summed E-state index contributed by atoms with van der Waals surface area (Å²) in [7, 11) is 1.73. The average Bonchev–Trinajstić information content (AvgIpc) is 3.44. The summed E-state index contributed by atoms with van der Waals surface area (Å²) in [4.78, 5) is 26.8. The molecule has 7 nitrogen and oxygen atoms in total. The maximum absolute atomic E-state index is 12.3. The molecule has 2 heterocycles. The van der Waals surface area contributed by atoms with Gasteiger partial charge < -0.3 is 5.32 Å². The molecule has 2 aliphatic rings. The van der Waals surface area contributed by atoms with Crippen molar-refractivity contribution in [1.82, 2.24) is 19.2 Å². The van der Waals surface area contributed by atoms with Crippen molar-refractivity contribution in [1.29, 1.82) is 0 Å². The lowest BCUT2D eigenvalue weighted by Gasteiger charge is -2.31. The summed E-state index contributed by atoms with van der Waals surface area (Å²) in [5.74, 6) is 1.26. The largest absolute Gasteiger partial charge is 0.345 e. The van der Waals surface area contributed by atoms with Crippen molar-refractivity contribution in [2.24, 2.45) is 7.05 Å². The van der Waals surface area contributed by atoms with Crippen molar-refractivity contribution >= 4 is 11.6 Å². The Kier molecular flexibility index (Phi) is 4.86. The topological polar surface area (TPSA) is 72.2 Å². The third kappa shape index (κ3) is 3.98. The third-order valence-corrected chi connectivity index (χ3v) is 5.55. The van der Waals surface area contributed by atoms with Gasteiger partial charge in [0, 0.05) is 24.7 Å². The van der Waals surface area contributed by atoms with E-state index in [2.05, 4.69) is 15.3 Å². The molecule has 7 heteroatoms. The van der Waals surface area contributed by atoms with Crippen molar-refractivity contribution in [3.8, 4) is 0 Å². The lowest BCUT2D eigenvalue weighted by atomic mass is 9.96. The molecular formula is C20H27N5O2. The Morgan fingerprint density at radius 1 is 1.15 bits per heavy atom. The Bertz CT molecular complexity index is 871. The fourth-order valence-electron chi connectivity index (χ4n) is 3.84. The Labute approximate surface area is 159 Å². The quantitative estimate of drug-likeness (QED) is 0.875. The lowest BCUT2D eigenvalue weighted by Crippen LogP contribution is -2.39. The highest BCUT2D eigenvalue weighted by molar-refractivity contribution is 5.92. The number of rotatable bonds is 5. The molecule has 0 radical (unpaired) electrons. The number of hydrogen-bond acceptors (Lipinski definition) is 4. The molecular weight excluding hydrogens is 342 g/mol. The molecule has 2 aromatic rings. The highest BCUT2D eigenvalue weighted by atomic mass is 16.2. The molecule has 2 fully saturated rings. The summed E-state index contributed by atoms with van der Waals surface area (Å²) in [6.07, 6.45) is 4.02. The van der Waals surface area contributed by atoms with Gasteiger partial charge in [-0.15, -0.1) is 0 Å². The molecule has 0 bridgehead atoms. The Morgan fingerprint density at radius 2 is 1.81 bits per heavy atom. The van der Waals surface area contributed by atoms with E-state index in [0.29, 0.717) is 18.5 Å². The van der Waals surface area contributed by atoms with E-state index in [0.717, 1.165) is 50.3 Å². The van der Waals surface area contributed by atoms with Crippen LogP contribution in [0.1, 0.15) is 49.0 Å². The smallest absolute Gasteiger partial charge is 0.325 e. The van der Waals surface area contributed by atoms with E-state index in [9.17, 15) is 9.59 Å². The number of aromatic nitrogens is 3. The highest BCUT2D eigenvalue weighted by Gasteiger charge is 2.33. The first-order valence-electron chi connectivity index (χ1n) is 9.75. The van der Waals surface area contributed by atoms with E-state index in [1.807, 2.05) is 35.8 Å². The second kappa shape index (κ2) is 7.31. The zero-order valence-electron chi connectivity index (χ0n) is 16.0. The minimum atomic E-state index is 0.00686. The molecule has 1 aromatic carbocycles. The minimum Gasteiger partial charge on any atom is -0.325 e. The highest BCUT2D eigenvalue weighted by Crippen LogP contribution is 2.37. The molecule has 27 heavy (non-hydrogen) atoms. The summed E-state index contributed by atoms with van der Waals surface area (Å²) in [5.41, 5.74) is 2.02. The van der Waals surface area contributed by atoms with Crippen molar-refractivity contribution < 1.29 is 4.79 Å². The molecule has 1 N–H and O–H groups in total. The van der Waals surface area contributed by atoms with Crippen LogP contribution in [0, 0.1) is 6.92 Å². The predicted molar refractivity (Wildman–Crippen MR) is 104 cm³/mol. The maximum atomic E-state index is 12.3. The Morgan fingerprint density at radius 3 is 2.44 bits per heavy atom. The first kappa shape index (κ1) is 18.0. The van der Waals surface area contributed by atoms with Gasteiger partial charge in [-0.2, -0.15) is 5.10 Å². The van der Waals surface area contributed by atoms with E-state index in [4.69, 9.17) is 0 Å². The van der Waals surface area contributed by atoms with E-state index < -0.39 is 0 Å². The number of benzene rings is 1. The molecule has 4 rings (SSSR count). The van der Waals surface area contributed by atoms with Gasteiger partial charge in [0.1, 0.15) is 5.82 Å². The van der Waals surface area contributed by atoms with Gasteiger partial charge in [0.15, 0.2) is 0 Å². The van der Waals surface area contributed by atoms with Gasteiger partial charge in [-0.25, -0.2) is 9.48 Å². The molecule has 0 unspecified atom stereocenters. The van der Waals surface area contributed by atoms with Gasteiger partial charge in [0.05, 0.1) is 6.54 Å². The molecule has 1 saturated carbocycles. The number of carbonyl (C=O) groups is 1. The summed E-state index contributed by atoms with van der Waals surface area (Å²) in [6, 6.07) is 8.19. The standard InChI is InChI=1S/C20H27N5O2/c1-14-3-5-16(6-4-14)21-18(26)13-24-11-9-15(10-12-24)19-22-23(2)20(27)25(19)17-7-8-17/h3-6,15,17H,7-13H2,1-2H3,(H,21,26). The second-order valence-electron chi connectivity index (χ2n) is 7.83. The number of hydrogen-bond donors (Lipinski definition) is 1. The number of nitrogens with one attached hydrogen (secondary N) is 1.